The van der Waals surface area contributed by atoms with Crippen molar-refractivity contribution in [3.8, 4) is 0 Å². The Labute approximate surface area is 111 Å². The lowest BCUT2D eigenvalue weighted by molar-refractivity contribution is 0.622. The molecule has 0 fully saturated rings. The summed E-state index contributed by atoms with van der Waals surface area (Å²) in [4.78, 5) is 4.17. The van der Waals surface area contributed by atoms with E-state index in [2.05, 4.69) is 26.2 Å². The van der Waals surface area contributed by atoms with Crippen LogP contribution < -0.4 is 11.1 Å². The molecule has 0 aliphatic rings. The molecule has 0 saturated carbocycles. The first-order chi connectivity index (χ1) is 8.16. The predicted octanol–water partition coefficient (Wildman–Crippen LogP) is 3.28. The summed E-state index contributed by atoms with van der Waals surface area (Å²) in [5.74, 6) is -0.323. The van der Waals surface area contributed by atoms with Gasteiger partial charge in [0.25, 0.3) is 0 Å². The van der Waals surface area contributed by atoms with Crippen molar-refractivity contribution in [1.29, 1.82) is 0 Å². The van der Waals surface area contributed by atoms with Crippen molar-refractivity contribution in [2.45, 2.75) is 6.42 Å². The number of nitrogen functional groups attached to an aromatic ring is 1. The van der Waals surface area contributed by atoms with Crippen LogP contribution in [0.4, 0.5) is 15.8 Å². The van der Waals surface area contributed by atoms with Gasteiger partial charge in [-0.1, -0.05) is 0 Å². The summed E-state index contributed by atoms with van der Waals surface area (Å²) < 4.78 is 13.7. The SMILES string of the molecule is Nc1cc(Br)c(F)cc1NCCc1nccs1. The van der Waals surface area contributed by atoms with E-state index in [0.29, 0.717) is 22.4 Å². The van der Waals surface area contributed by atoms with Crippen LogP contribution in [0, 0.1) is 5.82 Å². The van der Waals surface area contributed by atoms with Crippen LogP contribution >= 0.6 is 27.3 Å². The number of nitrogens with zero attached hydrogens (tertiary/aromatic N) is 1. The van der Waals surface area contributed by atoms with Gasteiger partial charge in [-0.15, -0.1) is 11.3 Å². The fourth-order valence-corrected chi connectivity index (χ4v) is 2.38. The van der Waals surface area contributed by atoms with Crippen LogP contribution in [0.2, 0.25) is 0 Å². The zero-order valence-electron chi connectivity index (χ0n) is 8.91. The fraction of sp³-hybridized carbons (Fsp3) is 0.182. The number of aromatic nitrogens is 1. The van der Waals surface area contributed by atoms with Gasteiger partial charge in [-0.05, 0) is 22.0 Å². The predicted molar refractivity (Wildman–Crippen MR) is 72.8 cm³/mol. The molecule has 3 nitrogen and oxygen atoms in total. The summed E-state index contributed by atoms with van der Waals surface area (Å²) >= 11 is 4.69. The Morgan fingerprint density at radius 2 is 2.29 bits per heavy atom. The molecule has 2 aromatic rings. The van der Waals surface area contributed by atoms with E-state index in [1.807, 2.05) is 5.38 Å². The summed E-state index contributed by atoms with van der Waals surface area (Å²) in [5, 5.41) is 6.08. The van der Waals surface area contributed by atoms with Crippen LogP contribution in [-0.4, -0.2) is 11.5 Å². The standard InChI is InChI=1S/C11H11BrFN3S/c12-7-5-9(14)10(6-8(7)13)15-2-1-11-16-3-4-17-11/h3-6,15H,1-2,14H2. The number of nitrogens with two attached hydrogens (primary N) is 1. The molecule has 1 aromatic carbocycles. The van der Waals surface area contributed by atoms with Gasteiger partial charge in [0.1, 0.15) is 5.82 Å². The molecule has 0 unspecified atom stereocenters. The Hall–Kier alpha value is -1.14. The first kappa shape index (κ1) is 12.3. The molecular formula is C11H11BrFN3S. The van der Waals surface area contributed by atoms with Gasteiger partial charge >= 0.3 is 0 Å². The molecule has 0 amide bonds. The third-order valence-corrected chi connectivity index (χ3v) is 3.68. The van der Waals surface area contributed by atoms with Crippen molar-refractivity contribution >= 4 is 38.6 Å². The normalized spacial score (nSPS) is 10.5. The van der Waals surface area contributed by atoms with Gasteiger partial charge in [-0.3, -0.25) is 0 Å². The van der Waals surface area contributed by atoms with Crippen LogP contribution in [-0.2, 0) is 6.42 Å². The smallest absolute Gasteiger partial charge is 0.139 e. The van der Waals surface area contributed by atoms with Gasteiger partial charge in [0.2, 0.25) is 0 Å². The molecule has 0 aliphatic heterocycles. The minimum atomic E-state index is -0.323. The van der Waals surface area contributed by atoms with Crippen molar-refractivity contribution in [2.75, 3.05) is 17.6 Å². The van der Waals surface area contributed by atoms with Gasteiger partial charge in [-0.25, -0.2) is 9.37 Å². The number of benzene rings is 1. The number of hydrogen-bond acceptors (Lipinski definition) is 4. The van der Waals surface area contributed by atoms with Crippen LogP contribution in [0.5, 0.6) is 0 Å². The van der Waals surface area contributed by atoms with E-state index in [-0.39, 0.29) is 5.82 Å². The Morgan fingerprint density at radius 3 is 3.00 bits per heavy atom. The number of rotatable bonds is 4. The number of nitrogens with one attached hydrogen (secondary N) is 1. The zero-order chi connectivity index (χ0) is 12.3. The van der Waals surface area contributed by atoms with Crippen molar-refractivity contribution in [3.05, 3.63) is 39.0 Å². The fourth-order valence-electron chi connectivity index (χ4n) is 1.40. The largest absolute Gasteiger partial charge is 0.397 e. The molecule has 0 atom stereocenters. The first-order valence-corrected chi connectivity index (χ1v) is 6.71. The number of halogens is 2. The van der Waals surface area contributed by atoms with E-state index in [9.17, 15) is 4.39 Å². The van der Waals surface area contributed by atoms with E-state index < -0.39 is 0 Å². The summed E-state index contributed by atoms with van der Waals surface area (Å²) in [5.41, 5.74) is 6.92. The molecule has 3 N–H and O–H groups in total. The van der Waals surface area contributed by atoms with Crippen molar-refractivity contribution < 1.29 is 4.39 Å². The first-order valence-electron chi connectivity index (χ1n) is 5.03. The van der Waals surface area contributed by atoms with E-state index in [4.69, 9.17) is 5.73 Å². The van der Waals surface area contributed by atoms with E-state index >= 15 is 0 Å². The van der Waals surface area contributed by atoms with Crippen LogP contribution in [0.3, 0.4) is 0 Å². The molecule has 1 heterocycles. The molecule has 90 valence electrons. The second-order valence-electron chi connectivity index (χ2n) is 3.46. The maximum Gasteiger partial charge on any atom is 0.139 e. The molecular weight excluding hydrogens is 305 g/mol. The lowest BCUT2D eigenvalue weighted by Gasteiger charge is -2.09. The number of hydrogen-bond donors (Lipinski definition) is 2. The molecule has 0 saturated heterocycles. The second-order valence-corrected chi connectivity index (χ2v) is 5.29. The highest BCUT2D eigenvalue weighted by molar-refractivity contribution is 9.10. The lowest BCUT2D eigenvalue weighted by atomic mass is 10.2. The average molecular weight is 316 g/mol. The van der Waals surface area contributed by atoms with E-state index in [0.717, 1.165) is 11.4 Å². The molecule has 1 aromatic heterocycles. The van der Waals surface area contributed by atoms with Crippen LogP contribution in [0.25, 0.3) is 0 Å². The Morgan fingerprint density at radius 1 is 1.47 bits per heavy atom. The third-order valence-electron chi connectivity index (χ3n) is 2.23. The number of thiazole rings is 1. The molecule has 0 radical (unpaired) electrons. The minimum absolute atomic E-state index is 0.323. The van der Waals surface area contributed by atoms with E-state index in [1.165, 1.54) is 6.07 Å². The number of anilines is 2. The van der Waals surface area contributed by atoms with Gasteiger partial charge < -0.3 is 11.1 Å². The summed E-state index contributed by atoms with van der Waals surface area (Å²) in [6.07, 6.45) is 2.57. The van der Waals surface area contributed by atoms with Gasteiger partial charge in [-0.2, -0.15) is 0 Å². The highest BCUT2D eigenvalue weighted by atomic mass is 79.9. The highest BCUT2D eigenvalue weighted by Gasteiger charge is 2.05. The zero-order valence-corrected chi connectivity index (χ0v) is 11.3. The summed E-state index contributed by atoms with van der Waals surface area (Å²) in [6, 6.07) is 2.95. The van der Waals surface area contributed by atoms with Gasteiger partial charge in [0, 0.05) is 30.6 Å². The Kier molecular flexibility index (Phi) is 3.96. The lowest BCUT2D eigenvalue weighted by Crippen LogP contribution is -2.07. The Balaban J connectivity index is 1.97. The van der Waals surface area contributed by atoms with Crippen molar-refractivity contribution in [1.82, 2.24) is 4.98 Å². The summed E-state index contributed by atoms with van der Waals surface area (Å²) in [6.45, 7) is 0.679. The molecule has 6 heteroatoms. The van der Waals surface area contributed by atoms with Gasteiger partial charge in [0.05, 0.1) is 20.9 Å². The highest BCUT2D eigenvalue weighted by Crippen LogP contribution is 2.26. The van der Waals surface area contributed by atoms with Crippen LogP contribution in [0.15, 0.2) is 28.2 Å². The molecule has 0 aliphatic carbocycles. The third kappa shape index (κ3) is 3.17. The maximum atomic E-state index is 13.3. The van der Waals surface area contributed by atoms with Crippen molar-refractivity contribution in [3.63, 3.8) is 0 Å². The second kappa shape index (κ2) is 5.46. The van der Waals surface area contributed by atoms with E-state index in [1.54, 1.807) is 23.6 Å². The average Bonchev–Trinajstić information content (AvgIpc) is 2.78. The molecule has 2 rings (SSSR count). The Bertz CT molecular complexity index is 502. The molecule has 0 spiro atoms. The van der Waals surface area contributed by atoms with Gasteiger partial charge in [0.15, 0.2) is 0 Å². The summed E-state index contributed by atoms with van der Waals surface area (Å²) in [7, 11) is 0. The maximum absolute atomic E-state index is 13.3. The molecule has 17 heavy (non-hydrogen) atoms. The van der Waals surface area contributed by atoms with Crippen molar-refractivity contribution in [2.24, 2.45) is 0 Å². The molecule has 0 bridgehead atoms. The monoisotopic (exact) mass is 315 g/mol. The minimum Gasteiger partial charge on any atom is -0.397 e. The quantitative estimate of drug-likeness (QED) is 0.851. The van der Waals surface area contributed by atoms with Crippen LogP contribution in [0.1, 0.15) is 5.01 Å². The topological polar surface area (TPSA) is 50.9 Å².